The molecule has 0 heterocycles. The van der Waals surface area contributed by atoms with E-state index in [4.69, 9.17) is 0 Å². The first-order valence-electron chi connectivity index (χ1n) is 0. The van der Waals surface area contributed by atoms with Gasteiger partial charge in [-0.3, -0.25) is 0 Å². The van der Waals surface area contributed by atoms with Crippen molar-refractivity contribution in [1.82, 2.24) is 0 Å². The number of hydrogen-bond acceptors (Lipinski definition) is 0. The molecule has 0 amide bonds. The Hall–Kier alpha value is 3.99. The standard InChI is InChI=1S/Bi.Co.Fe.Pr.Ti. The molecule has 0 saturated heterocycles. The largest absolute Gasteiger partial charge is 0 e. The van der Waals surface area contributed by atoms with Crippen LogP contribution in [0, 0.1) is 41.3 Å². The van der Waals surface area contributed by atoms with E-state index in [9.17, 15) is 0 Å². The van der Waals surface area contributed by atoms with Gasteiger partial charge >= 0.3 is 0 Å². The van der Waals surface area contributed by atoms with Gasteiger partial charge in [0.2, 0.25) is 0 Å². The first-order valence-corrected chi connectivity index (χ1v) is 0. The average Bonchev–Trinajstić information content (AvgIpc) is 0. The molecule has 5 heavy (non-hydrogen) atoms. The maximum atomic E-state index is 0. The van der Waals surface area contributed by atoms with Crippen LogP contribution in [0.1, 0.15) is 0 Å². The molecule has 0 unspecified atom stereocenters. The zero-order chi connectivity index (χ0) is 0. The van der Waals surface area contributed by atoms with Gasteiger partial charge in [0.25, 0.3) is 0 Å². The van der Waals surface area contributed by atoms with Gasteiger partial charge in [0.05, 0.1) is 0 Å². The Morgan fingerprint density at radius 2 is 1.00 bits per heavy atom. The summed E-state index contributed by atoms with van der Waals surface area (Å²) in [6.45, 7) is 0. The fourth-order valence-electron chi connectivity index (χ4n) is 0. The minimum absolute atomic E-state index is 0. The molecule has 0 aromatic rings. The molecule has 5 heteroatoms. The summed E-state index contributed by atoms with van der Waals surface area (Å²) in [5, 5.41) is 0. The van der Waals surface area contributed by atoms with E-state index in [1.807, 2.05) is 0 Å². The molecule has 0 atom stereocenters. The van der Waals surface area contributed by atoms with Gasteiger partial charge in [-0.15, -0.1) is 0 Å². The zero-order valence-corrected chi connectivity index (χ0v) is 13.1. The number of rotatable bonds is 0. The van der Waals surface area contributed by atoms with E-state index in [0.717, 1.165) is 0 Å². The third-order valence-electron chi connectivity index (χ3n) is 0. The van der Waals surface area contributed by atoms with Crippen LogP contribution in [0.5, 0.6) is 0 Å². The van der Waals surface area contributed by atoms with Crippen molar-refractivity contribution < 1.29 is 96.9 Å². The molecule has 5 radical (unpaired) electrons. The number of hydrogen-bond donors (Lipinski definition) is 0. The van der Waals surface area contributed by atoms with Crippen LogP contribution in [0.2, 0.25) is 0 Å². The van der Waals surface area contributed by atoms with Gasteiger partial charge in [-0.1, -0.05) is 0 Å². The monoisotopic (exact) mass is 513 g/mol. The van der Waals surface area contributed by atoms with Gasteiger partial charge in [0, 0.05) is 123 Å². The second-order valence-electron chi connectivity index (χ2n) is 0. The van der Waals surface area contributed by atoms with Crippen molar-refractivity contribution in [1.29, 1.82) is 0 Å². The summed E-state index contributed by atoms with van der Waals surface area (Å²) in [6, 6.07) is 0. The van der Waals surface area contributed by atoms with E-state index in [0.29, 0.717) is 0 Å². The molecule has 0 spiro atoms. The minimum Gasteiger partial charge on any atom is 0 e. The summed E-state index contributed by atoms with van der Waals surface area (Å²) in [7, 11) is 0. The van der Waals surface area contributed by atoms with Crippen LogP contribution in [0.3, 0.4) is 0 Å². The fraction of sp³-hybridized carbons (Fsp3) is 0. The Balaban J connectivity index is 0. The van der Waals surface area contributed by atoms with Crippen molar-refractivity contribution in [3.05, 3.63) is 0 Å². The predicted octanol–water partition coefficient (Wildman–Crippen LogP) is -0.388. The summed E-state index contributed by atoms with van der Waals surface area (Å²) < 4.78 is 0. The summed E-state index contributed by atoms with van der Waals surface area (Å²) in [5.74, 6) is 0. The van der Waals surface area contributed by atoms with Crippen LogP contribution >= 0.6 is 0 Å². The first kappa shape index (κ1) is 36.1. The van der Waals surface area contributed by atoms with E-state index >= 15 is 0 Å². The van der Waals surface area contributed by atoms with Gasteiger partial charge in [-0.05, 0) is 0 Å². The minimum atomic E-state index is 0. The third-order valence-corrected chi connectivity index (χ3v) is 0. The molecular weight excluding hydrogens is 513 g/mol. The molecule has 0 aliphatic rings. The van der Waals surface area contributed by atoms with Crippen molar-refractivity contribution in [3.63, 3.8) is 0 Å². The summed E-state index contributed by atoms with van der Waals surface area (Å²) in [5.41, 5.74) is 0. The molecule has 0 aromatic carbocycles. The normalized spacial score (nSPS) is 0. The van der Waals surface area contributed by atoms with Crippen LogP contribution in [0.25, 0.3) is 0 Å². The van der Waals surface area contributed by atoms with Gasteiger partial charge in [0.15, 0.2) is 0 Å². The third kappa shape index (κ3) is 18.0. The van der Waals surface area contributed by atoms with Crippen LogP contribution in [-0.4, -0.2) is 26.2 Å². The summed E-state index contributed by atoms with van der Waals surface area (Å²) in [6.07, 6.45) is 0. The molecule has 0 saturated carbocycles. The van der Waals surface area contributed by atoms with Gasteiger partial charge in [0.1, 0.15) is 0 Å². The molecule has 0 aromatic heterocycles. The van der Waals surface area contributed by atoms with Crippen molar-refractivity contribution in [3.8, 4) is 0 Å². The Labute approximate surface area is 120 Å². The Kier molecular flexibility index (Phi) is 177. The topological polar surface area (TPSA) is 0 Å². The molecule has 0 aliphatic heterocycles. The van der Waals surface area contributed by atoms with Gasteiger partial charge in [-0.25, -0.2) is 0 Å². The zero-order valence-electron chi connectivity index (χ0n) is 2.21. The molecular formula is BiCoFePrTi. The molecule has 0 aliphatic carbocycles. The Morgan fingerprint density at radius 3 is 1.00 bits per heavy atom. The van der Waals surface area contributed by atoms with Gasteiger partial charge in [-0.2, -0.15) is 0 Å². The van der Waals surface area contributed by atoms with E-state index in [-0.39, 0.29) is 123 Å². The van der Waals surface area contributed by atoms with Crippen LogP contribution in [0.15, 0.2) is 0 Å². The molecule has 29 valence electrons. The van der Waals surface area contributed by atoms with Crippen LogP contribution < -0.4 is 0 Å². The smallest absolute Gasteiger partial charge is 0 e. The van der Waals surface area contributed by atoms with Crippen LogP contribution in [-0.2, 0) is 55.6 Å². The quantitative estimate of drug-likeness (QED) is 0.388. The van der Waals surface area contributed by atoms with Crippen molar-refractivity contribution in [2.24, 2.45) is 0 Å². The van der Waals surface area contributed by atoms with Crippen LogP contribution in [0.4, 0.5) is 0 Å². The average molecular weight is 513 g/mol. The second-order valence-corrected chi connectivity index (χ2v) is 0. The molecule has 0 fully saturated rings. The van der Waals surface area contributed by atoms with Gasteiger partial charge < -0.3 is 0 Å². The maximum Gasteiger partial charge on any atom is 0 e. The Bertz CT molecular complexity index is 11.6. The second kappa shape index (κ2) is 24.5. The SMILES string of the molecule is [Bi].[Co].[Fe].[Pr].[Ti]. The molecule has 0 rings (SSSR count). The van der Waals surface area contributed by atoms with E-state index in [2.05, 4.69) is 0 Å². The Morgan fingerprint density at radius 1 is 1.00 bits per heavy atom. The molecule has 0 nitrogen and oxygen atoms in total. The fourth-order valence-corrected chi connectivity index (χ4v) is 0. The predicted molar refractivity (Wildman–Crippen MR) is 5.75 cm³/mol. The van der Waals surface area contributed by atoms with Crippen molar-refractivity contribution in [2.45, 2.75) is 0 Å². The van der Waals surface area contributed by atoms with E-state index in [1.54, 1.807) is 0 Å². The first-order chi connectivity index (χ1) is 0. The molecule has 0 N–H and O–H groups in total. The van der Waals surface area contributed by atoms with E-state index < -0.39 is 0 Å². The summed E-state index contributed by atoms with van der Waals surface area (Å²) in [4.78, 5) is 0. The maximum absolute atomic E-state index is 0. The van der Waals surface area contributed by atoms with Crippen molar-refractivity contribution in [2.75, 3.05) is 0 Å². The molecule has 0 bridgehead atoms. The van der Waals surface area contributed by atoms with E-state index in [1.165, 1.54) is 0 Å². The summed E-state index contributed by atoms with van der Waals surface area (Å²) >= 11 is 0. The van der Waals surface area contributed by atoms with Crippen molar-refractivity contribution >= 4 is 26.2 Å².